The number of ether oxygens (including phenoxy) is 1. The van der Waals surface area contributed by atoms with Gasteiger partial charge in [0.25, 0.3) is 5.91 Å². The maximum atomic E-state index is 12.4. The van der Waals surface area contributed by atoms with Crippen molar-refractivity contribution < 1.29 is 9.53 Å². The van der Waals surface area contributed by atoms with E-state index in [1.54, 1.807) is 30.6 Å². The summed E-state index contributed by atoms with van der Waals surface area (Å²) in [6.07, 6.45) is 11.5. The Hall–Kier alpha value is -3.52. The van der Waals surface area contributed by atoms with E-state index in [4.69, 9.17) is 16.3 Å². The first-order valence-electron chi connectivity index (χ1n) is 11.4. The molecule has 2 aliphatic rings. The Morgan fingerprint density at radius 1 is 1.21 bits per heavy atom. The monoisotopic (exact) mass is 476 g/mol. The Kier molecular flexibility index (Phi) is 6.40. The predicted octanol–water partition coefficient (Wildman–Crippen LogP) is 4.22. The van der Waals surface area contributed by atoms with Gasteiger partial charge >= 0.3 is 0 Å². The van der Waals surface area contributed by atoms with Gasteiger partial charge in [0, 0.05) is 30.3 Å². The molecule has 9 heteroatoms. The molecule has 1 atom stereocenters. The van der Waals surface area contributed by atoms with Crippen LogP contribution in [0.25, 0.3) is 17.2 Å². The second-order valence-electron chi connectivity index (χ2n) is 8.35. The maximum absolute atomic E-state index is 12.4. The highest BCUT2D eigenvalue weighted by Crippen LogP contribution is 2.39. The molecule has 34 heavy (non-hydrogen) atoms. The molecule has 0 radical (unpaired) electrons. The molecule has 0 spiro atoms. The minimum absolute atomic E-state index is 0.0673. The third-order valence-corrected chi connectivity index (χ3v) is 6.30. The minimum Gasteiger partial charge on any atom is -0.492 e. The van der Waals surface area contributed by atoms with E-state index in [1.807, 2.05) is 37.3 Å². The molecule has 3 aromatic rings. The van der Waals surface area contributed by atoms with Crippen LogP contribution in [0.2, 0.25) is 0 Å². The van der Waals surface area contributed by atoms with Crippen molar-refractivity contribution in [2.24, 2.45) is 0 Å². The second kappa shape index (κ2) is 9.77. The van der Waals surface area contributed by atoms with Gasteiger partial charge in [0.1, 0.15) is 23.0 Å². The summed E-state index contributed by atoms with van der Waals surface area (Å²) in [6.45, 7) is 2.52. The molecule has 2 aliphatic carbocycles. The summed E-state index contributed by atoms with van der Waals surface area (Å²) >= 11 is 6.43. The lowest BCUT2D eigenvalue weighted by Gasteiger charge is -2.35. The van der Waals surface area contributed by atoms with Crippen molar-refractivity contribution in [1.29, 1.82) is 0 Å². The summed E-state index contributed by atoms with van der Waals surface area (Å²) in [6, 6.07) is 9.16. The lowest BCUT2D eigenvalue weighted by atomic mass is 9.79. The normalized spacial score (nSPS) is 21.5. The van der Waals surface area contributed by atoms with Crippen molar-refractivity contribution in [3.8, 4) is 17.3 Å². The predicted molar refractivity (Wildman–Crippen MR) is 130 cm³/mol. The van der Waals surface area contributed by atoms with Crippen molar-refractivity contribution >= 4 is 23.2 Å². The Labute approximate surface area is 202 Å². The van der Waals surface area contributed by atoms with Crippen LogP contribution in [0.5, 0.6) is 5.75 Å². The number of amides is 1. The van der Waals surface area contributed by atoms with Gasteiger partial charge in [-0.05, 0) is 50.1 Å². The highest BCUT2D eigenvalue weighted by molar-refractivity contribution is 6.22. The summed E-state index contributed by atoms with van der Waals surface area (Å²) in [4.78, 5) is 21.1. The van der Waals surface area contributed by atoms with Crippen molar-refractivity contribution in [3.63, 3.8) is 0 Å². The van der Waals surface area contributed by atoms with Gasteiger partial charge in [-0.15, -0.1) is 21.8 Å². The molecule has 174 valence electrons. The Morgan fingerprint density at radius 2 is 2.09 bits per heavy atom. The van der Waals surface area contributed by atoms with Gasteiger partial charge in [-0.1, -0.05) is 18.2 Å². The number of hydrogen-bond donors (Lipinski definition) is 1. The van der Waals surface area contributed by atoms with Gasteiger partial charge in [-0.2, -0.15) is 0 Å². The number of allylic oxidation sites excluding steroid dienone is 4. The molecule has 0 aliphatic heterocycles. The van der Waals surface area contributed by atoms with Crippen LogP contribution in [0, 0.1) is 0 Å². The molecule has 0 bridgehead atoms. The van der Waals surface area contributed by atoms with Crippen molar-refractivity contribution in [2.75, 3.05) is 6.61 Å². The lowest BCUT2D eigenvalue weighted by molar-refractivity contribution is 0.0902. The second-order valence-corrected chi connectivity index (χ2v) is 8.91. The van der Waals surface area contributed by atoms with E-state index in [-0.39, 0.29) is 23.2 Å². The largest absolute Gasteiger partial charge is 0.492 e. The number of alkyl halides is 1. The molecule has 1 fully saturated rings. The standard InChI is InChI=1S/C25H25ClN6O2/c1-2-34-20-9-10-21(28-15-20)24-31-30-23(32(24)19-7-5-6-17(26)14-19)16-12-18(13-16)29-25(33)22-8-3-4-11-27-22/h3-11,15-18H,2,12-14H2,1H3,(H,29,33)/t16-,17?,18-. The minimum atomic E-state index is -0.157. The highest BCUT2D eigenvalue weighted by atomic mass is 35.5. The van der Waals surface area contributed by atoms with E-state index in [2.05, 4.69) is 30.0 Å². The van der Waals surface area contributed by atoms with Crippen LogP contribution in [0.4, 0.5) is 0 Å². The molecule has 1 N–H and O–H groups in total. The first-order chi connectivity index (χ1) is 16.6. The zero-order valence-electron chi connectivity index (χ0n) is 18.8. The SMILES string of the molecule is CCOc1ccc(-c2nnc([C@H]3C[C@H](NC(=O)c4ccccn4)C3)n2C2=CC=CC(Cl)C2)nc1. The van der Waals surface area contributed by atoms with E-state index in [0.29, 0.717) is 36.0 Å². The fourth-order valence-corrected chi connectivity index (χ4v) is 4.51. The average molecular weight is 477 g/mol. The molecular formula is C25H25ClN6O2. The van der Waals surface area contributed by atoms with E-state index in [0.717, 1.165) is 24.4 Å². The first-order valence-corrected chi connectivity index (χ1v) is 11.8. The van der Waals surface area contributed by atoms with Gasteiger partial charge in [0.2, 0.25) is 0 Å². The highest BCUT2D eigenvalue weighted by Gasteiger charge is 2.37. The van der Waals surface area contributed by atoms with Crippen LogP contribution in [0.1, 0.15) is 48.4 Å². The van der Waals surface area contributed by atoms with Gasteiger partial charge in [-0.25, -0.2) is 4.98 Å². The molecule has 3 aromatic heterocycles. The number of carbonyl (C=O) groups is 1. The molecule has 0 saturated heterocycles. The van der Waals surface area contributed by atoms with Crippen molar-refractivity contribution in [3.05, 3.63) is 72.5 Å². The van der Waals surface area contributed by atoms with Gasteiger partial charge in [0.15, 0.2) is 5.82 Å². The zero-order valence-corrected chi connectivity index (χ0v) is 19.5. The Morgan fingerprint density at radius 3 is 2.79 bits per heavy atom. The van der Waals surface area contributed by atoms with Gasteiger partial charge in [0.05, 0.1) is 18.2 Å². The van der Waals surface area contributed by atoms with E-state index in [1.165, 1.54) is 0 Å². The number of carbonyl (C=O) groups excluding carboxylic acids is 1. The molecule has 8 nitrogen and oxygen atoms in total. The van der Waals surface area contributed by atoms with E-state index < -0.39 is 0 Å². The van der Waals surface area contributed by atoms with Crippen LogP contribution in [0.15, 0.2) is 61.0 Å². The number of hydrogen-bond acceptors (Lipinski definition) is 6. The third kappa shape index (κ3) is 4.59. The average Bonchev–Trinajstić information content (AvgIpc) is 3.27. The summed E-state index contributed by atoms with van der Waals surface area (Å²) in [5, 5.41) is 12.0. The van der Waals surface area contributed by atoms with Gasteiger partial charge in [-0.3, -0.25) is 14.3 Å². The summed E-state index contributed by atoms with van der Waals surface area (Å²) in [5.41, 5.74) is 2.16. The number of rotatable bonds is 7. The number of halogens is 1. The summed E-state index contributed by atoms with van der Waals surface area (Å²) in [7, 11) is 0. The topological polar surface area (TPSA) is 94.8 Å². The molecular weight excluding hydrogens is 452 g/mol. The first kappa shape index (κ1) is 22.3. The summed E-state index contributed by atoms with van der Waals surface area (Å²) < 4.78 is 7.59. The van der Waals surface area contributed by atoms with Crippen LogP contribution >= 0.6 is 11.6 Å². The molecule has 3 heterocycles. The van der Waals surface area contributed by atoms with Crippen LogP contribution in [0.3, 0.4) is 0 Å². The number of nitrogens with one attached hydrogen (secondary N) is 1. The quantitative estimate of drug-likeness (QED) is 0.513. The number of nitrogens with zero attached hydrogens (tertiary/aromatic N) is 5. The third-order valence-electron chi connectivity index (χ3n) is 6.00. The summed E-state index contributed by atoms with van der Waals surface area (Å²) in [5.74, 6) is 2.25. The van der Waals surface area contributed by atoms with Gasteiger partial charge < -0.3 is 10.1 Å². The Balaban J connectivity index is 1.38. The molecule has 1 unspecified atom stereocenters. The van der Waals surface area contributed by atoms with E-state index >= 15 is 0 Å². The van der Waals surface area contributed by atoms with Crippen molar-refractivity contribution in [2.45, 2.75) is 43.5 Å². The Bertz CT molecular complexity index is 1220. The van der Waals surface area contributed by atoms with Crippen molar-refractivity contribution in [1.82, 2.24) is 30.0 Å². The number of aromatic nitrogens is 5. The number of pyridine rings is 2. The lowest BCUT2D eigenvalue weighted by Crippen LogP contribution is -2.44. The smallest absolute Gasteiger partial charge is 0.270 e. The van der Waals surface area contributed by atoms with Crippen LogP contribution in [-0.4, -0.2) is 48.7 Å². The molecule has 1 saturated carbocycles. The maximum Gasteiger partial charge on any atom is 0.270 e. The fraction of sp³-hybridized carbons (Fsp3) is 0.320. The fourth-order valence-electron chi connectivity index (χ4n) is 4.27. The zero-order chi connectivity index (χ0) is 23.5. The van der Waals surface area contributed by atoms with Crippen LogP contribution < -0.4 is 10.1 Å². The molecule has 5 rings (SSSR count). The molecule has 0 aromatic carbocycles. The molecule has 1 amide bonds. The van der Waals surface area contributed by atoms with Crippen LogP contribution in [-0.2, 0) is 0 Å². The van der Waals surface area contributed by atoms with E-state index in [9.17, 15) is 4.79 Å².